The second-order valence-electron chi connectivity index (χ2n) is 2.93. The van der Waals surface area contributed by atoms with E-state index in [1.165, 1.54) is 11.8 Å². The molecule has 0 aliphatic rings. The third-order valence-electron chi connectivity index (χ3n) is 1.88. The fourth-order valence-electron chi connectivity index (χ4n) is 1.15. The lowest BCUT2D eigenvalue weighted by molar-refractivity contribution is -0.107. The second kappa shape index (κ2) is 4.24. The minimum absolute atomic E-state index is 0.0923. The largest absolute Gasteiger partial charge is 0.317 e. The van der Waals surface area contributed by atoms with Crippen LogP contribution in [0.3, 0.4) is 0 Å². The fraction of sp³-hybridized carbons (Fsp3) is 0.200. The van der Waals surface area contributed by atoms with Crippen LogP contribution in [0, 0.1) is 0 Å². The van der Waals surface area contributed by atoms with Crippen LogP contribution in [0.2, 0.25) is 5.02 Å². The quantitative estimate of drug-likeness (QED) is 0.568. The van der Waals surface area contributed by atoms with Gasteiger partial charge in [-0.05, 0) is 25.1 Å². The molecule has 4 heteroatoms. The van der Waals surface area contributed by atoms with Gasteiger partial charge in [0.05, 0.1) is 5.69 Å². The Kier molecular flexibility index (Phi) is 3.25. The molecule has 0 radical (unpaired) electrons. The van der Waals surface area contributed by atoms with E-state index >= 15 is 0 Å². The molecule has 0 saturated heterocycles. The number of benzene rings is 1. The first-order valence-electron chi connectivity index (χ1n) is 4.05. The highest BCUT2D eigenvalue weighted by molar-refractivity contribution is 6.31. The van der Waals surface area contributed by atoms with Gasteiger partial charge in [-0.3, -0.25) is 9.59 Å². The van der Waals surface area contributed by atoms with Crippen molar-refractivity contribution in [3.8, 4) is 0 Å². The molecule has 1 aromatic carbocycles. The van der Waals surface area contributed by atoms with Gasteiger partial charge in [-0.2, -0.15) is 0 Å². The monoisotopic (exact) mass is 211 g/mol. The molecular formula is C10H10ClNO2. The van der Waals surface area contributed by atoms with Crippen LogP contribution in [0.25, 0.3) is 0 Å². The fourth-order valence-corrected chi connectivity index (χ4v) is 1.32. The summed E-state index contributed by atoms with van der Waals surface area (Å²) in [4.78, 5) is 23.1. The summed E-state index contributed by atoms with van der Waals surface area (Å²) in [6, 6.07) is 4.83. The summed E-state index contributed by atoms with van der Waals surface area (Å²) in [6.07, 6.45) is 0.637. The molecule has 0 aromatic heterocycles. The third kappa shape index (κ3) is 2.12. The van der Waals surface area contributed by atoms with E-state index in [-0.39, 0.29) is 5.78 Å². The maximum absolute atomic E-state index is 11.2. The zero-order chi connectivity index (χ0) is 10.7. The molecule has 14 heavy (non-hydrogen) atoms. The van der Waals surface area contributed by atoms with E-state index in [1.54, 1.807) is 25.2 Å². The van der Waals surface area contributed by atoms with Gasteiger partial charge in [0, 0.05) is 17.6 Å². The number of amides is 1. The average molecular weight is 212 g/mol. The van der Waals surface area contributed by atoms with Crippen molar-refractivity contribution in [3.63, 3.8) is 0 Å². The Balaban J connectivity index is 3.29. The summed E-state index contributed by atoms with van der Waals surface area (Å²) in [6.45, 7) is 1.45. The summed E-state index contributed by atoms with van der Waals surface area (Å²) >= 11 is 5.77. The number of hydrogen-bond acceptors (Lipinski definition) is 2. The van der Waals surface area contributed by atoms with Crippen molar-refractivity contribution in [2.45, 2.75) is 6.92 Å². The number of rotatable bonds is 3. The van der Waals surface area contributed by atoms with E-state index in [9.17, 15) is 9.59 Å². The molecular weight excluding hydrogens is 202 g/mol. The van der Waals surface area contributed by atoms with E-state index in [0.29, 0.717) is 22.7 Å². The van der Waals surface area contributed by atoms with Gasteiger partial charge < -0.3 is 4.90 Å². The molecule has 0 fully saturated rings. The minimum atomic E-state index is -0.0923. The Morgan fingerprint density at radius 3 is 2.64 bits per heavy atom. The first-order chi connectivity index (χ1) is 6.56. The normalized spacial score (nSPS) is 9.64. The van der Waals surface area contributed by atoms with Crippen LogP contribution >= 0.6 is 11.6 Å². The summed E-state index contributed by atoms with van der Waals surface area (Å²) in [5.74, 6) is -0.0923. The summed E-state index contributed by atoms with van der Waals surface area (Å²) in [5.41, 5.74) is 1.02. The van der Waals surface area contributed by atoms with Gasteiger partial charge in [-0.25, -0.2) is 0 Å². The SMILES string of the molecule is CC(=O)c1ccc(Cl)cc1N(C)C=O. The minimum Gasteiger partial charge on any atom is -0.317 e. The van der Waals surface area contributed by atoms with Crippen LogP contribution in [0.1, 0.15) is 17.3 Å². The van der Waals surface area contributed by atoms with Gasteiger partial charge in [0.25, 0.3) is 0 Å². The second-order valence-corrected chi connectivity index (χ2v) is 3.37. The highest BCUT2D eigenvalue weighted by Gasteiger charge is 2.10. The molecule has 0 N–H and O–H groups in total. The zero-order valence-corrected chi connectivity index (χ0v) is 8.71. The predicted octanol–water partition coefficient (Wildman–Crippen LogP) is 2.14. The van der Waals surface area contributed by atoms with E-state index < -0.39 is 0 Å². The average Bonchev–Trinajstić information content (AvgIpc) is 2.16. The van der Waals surface area contributed by atoms with Crippen molar-refractivity contribution in [2.75, 3.05) is 11.9 Å². The van der Waals surface area contributed by atoms with Gasteiger partial charge >= 0.3 is 0 Å². The standard InChI is InChI=1S/C10H10ClNO2/c1-7(14)9-4-3-8(11)5-10(9)12(2)6-13/h3-6H,1-2H3. The number of carbonyl (C=O) groups excluding carboxylic acids is 2. The Morgan fingerprint density at radius 2 is 2.14 bits per heavy atom. The number of halogens is 1. The Bertz CT molecular complexity index is 376. The lowest BCUT2D eigenvalue weighted by atomic mass is 10.1. The maximum Gasteiger partial charge on any atom is 0.213 e. The lowest BCUT2D eigenvalue weighted by Gasteiger charge is -2.14. The summed E-state index contributed by atoms with van der Waals surface area (Å²) in [7, 11) is 1.57. The molecule has 1 rings (SSSR count). The zero-order valence-electron chi connectivity index (χ0n) is 7.95. The maximum atomic E-state index is 11.2. The number of nitrogens with zero attached hydrogens (tertiary/aromatic N) is 1. The number of anilines is 1. The van der Waals surface area contributed by atoms with Gasteiger partial charge in [0.2, 0.25) is 6.41 Å². The number of carbonyl (C=O) groups is 2. The van der Waals surface area contributed by atoms with Crippen molar-refractivity contribution in [1.82, 2.24) is 0 Å². The van der Waals surface area contributed by atoms with Gasteiger partial charge in [0.15, 0.2) is 5.78 Å². The number of Topliss-reactive ketones (excluding diaryl/α,β-unsaturated/α-hetero) is 1. The third-order valence-corrected chi connectivity index (χ3v) is 2.11. The topological polar surface area (TPSA) is 37.4 Å². The molecule has 0 unspecified atom stereocenters. The molecule has 0 heterocycles. The Labute approximate surface area is 87.3 Å². The molecule has 1 aromatic rings. The van der Waals surface area contributed by atoms with E-state index in [2.05, 4.69) is 0 Å². The predicted molar refractivity (Wildman–Crippen MR) is 55.9 cm³/mol. The molecule has 0 atom stereocenters. The van der Waals surface area contributed by atoms with Crippen LogP contribution in [0.15, 0.2) is 18.2 Å². The molecule has 0 bridgehead atoms. The highest BCUT2D eigenvalue weighted by atomic mass is 35.5. The van der Waals surface area contributed by atoms with Crippen LogP contribution in [0.4, 0.5) is 5.69 Å². The first kappa shape index (κ1) is 10.7. The Hall–Kier alpha value is -1.35. The van der Waals surface area contributed by atoms with Crippen LogP contribution in [-0.4, -0.2) is 19.2 Å². The van der Waals surface area contributed by atoms with Crippen molar-refractivity contribution >= 4 is 29.5 Å². The van der Waals surface area contributed by atoms with Gasteiger partial charge in [-0.1, -0.05) is 11.6 Å². The van der Waals surface area contributed by atoms with Gasteiger partial charge in [-0.15, -0.1) is 0 Å². The molecule has 74 valence electrons. The van der Waals surface area contributed by atoms with Crippen molar-refractivity contribution in [2.24, 2.45) is 0 Å². The first-order valence-corrected chi connectivity index (χ1v) is 4.42. The number of hydrogen-bond donors (Lipinski definition) is 0. The van der Waals surface area contributed by atoms with Crippen LogP contribution in [0.5, 0.6) is 0 Å². The van der Waals surface area contributed by atoms with Crippen molar-refractivity contribution < 1.29 is 9.59 Å². The smallest absolute Gasteiger partial charge is 0.213 e. The van der Waals surface area contributed by atoms with Gasteiger partial charge in [0.1, 0.15) is 0 Å². The van der Waals surface area contributed by atoms with E-state index in [1.807, 2.05) is 0 Å². The van der Waals surface area contributed by atoms with Crippen LogP contribution in [-0.2, 0) is 4.79 Å². The van der Waals surface area contributed by atoms with Crippen molar-refractivity contribution in [1.29, 1.82) is 0 Å². The Morgan fingerprint density at radius 1 is 1.50 bits per heavy atom. The molecule has 0 saturated carbocycles. The highest BCUT2D eigenvalue weighted by Crippen LogP contribution is 2.23. The number of ketones is 1. The summed E-state index contributed by atoms with van der Waals surface area (Å²) < 4.78 is 0. The molecule has 1 amide bonds. The van der Waals surface area contributed by atoms with Crippen LogP contribution < -0.4 is 4.90 Å². The van der Waals surface area contributed by atoms with E-state index in [0.717, 1.165) is 0 Å². The van der Waals surface area contributed by atoms with E-state index in [4.69, 9.17) is 11.6 Å². The lowest BCUT2D eigenvalue weighted by Crippen LogP contribution is -2.16. The molecule has 0 spiro atoms. The van der Waals surface area contributed by atoms with Crippen molar-refractivity contribution in [3.05, 3.63) is 28.8 Å². The summed E-state index contributed by atoms with van der Waals surface area (Å²) in [5, 5.41) is 0.499. The molecule has 3 nitrogen and oxygen atoms in total. The molecule has 0 aliphatic carbocycles. The molecule has 0 aliphatic heterocycles.